The van der Waals surface area contributed by atoms with E-state index in [4.69, 9.17) is 4.74 Å². The Morgan fingerprint density at radius 3 is 2.48 bits per heavy atom. The fourth-order valence-electron chi connectivity index (χ4n) is 2.07. The fourth-order valence-corrected chi connectivity index (χ4v) is 2.07. The first-order chi connectivity index (χ1) is 10.1. The van der Waals surface area contributed by atoms with Gasteiger partial charge >= 0.3 is 0 Å². The van der Waals surface area contributed by atoms with Crippen LogP contribution in [0.3, 0.4) is 0 Å². The number of aromatic nitrogens is 1. The van der Waals surface area contributed by atoms with Crippen molar-refractivity contribution in [3.63, 3.8) is 0 Å². The van der Waals surface area contributed by atoms with Crippen LogP contribution < -0.4 is 10.1 Å². The van der Waals surface area contributed by atoms with Crippen molar-refractivity contribution in [2.45, 2.75) is 39.3 Å². The van der Waals surface area contributed by atoms with Crippen molar-refractivity contribution in [3.8, 4) is 5.75 Å². The van der Waals surface area contributed by atoms with Crippen LogP contribution in [0.5, 0.6) is 5.75 Å². The Balaban J connectivity index is 1.87. The molecule has 1 aromatic carbocycles. The van der Waals surface area contributed by atoms with Gasteiger partial charge in [0, 0.05) is 18.8 Å². The summed E-state index contributed by atoms with van der Waals surface area (Å²) in [6.07, 6.45) is 3.47. The summed E-state index contributed by atoms with van der Waals surface area (Å²) in [5, 5.41) is 3.47. The number of hydrogen-bond acceptors (Lipinski definition) is 3. The van der Waals surface area contributed by atoms with Crippen molar-refractivity contribution in [1.82, 2.24) is 10.3 Å². The summed E-state index contributed by atoms with van der Waals surface area (Å²) in [6, 6.07) is 13.0. The lowest BCUT2D eigenvalue weighted by Crippen LogP contribution is -2.26. The van der Waals surface area contributed by atoms with Gasteiger partial charge in [-0.2, -0.15) is 0 Å². The van der Waals surface area contributed by atoms with Gasteiger partial charge in [0.15, 0.2) is 0 Å². The largest absolute Gasteiger partial charge is 0.487 e. The first-order valence-electron chi connectivity index (χ1n) is 7.50. The predicted molar refractivity (Wildman–Crippen MR) is 86.6 cm³/mol. The molecule has 2 rings (SSSR count). The summed E-state index contributed by atoms with van der Waals surface area (Å²) in [5.41, 5.74) is 2.53. The Morgan fingerprint density at radius 1 is 1.10 bits per heavy atom. The second-order valence-electron chi connectivity index (χ2n) is 5.68. The van der Waals surface area contributed by atoms with E-state index >= 15 is 0 Å². The Hall–Kier alpha value is -1.87. The highest BCUT2D eigenvalue weighted by atomic mass is 16.5. The van der Waals surface area contributed by atoms with Gasteiger partial charge < -0.3 is 10.1 Å². The minimum Gasteiger partial charge on any atom is -0.487 e. The van der Waals surface area contributed by atoms with Crippen LogP contribution in [0.4, 0.5) is 0 Å². The Labute approximate surface area is 127 Å². The van der Waals surface area contributed by atoms with Gasteiger partial charge in [-0.05, 0) is 29.2 Å². The van der Waals surface area contributed by atoms with E-state index in [1.807, 2.05) is 12.1 Å². The van der Waals surface area contributed by atoms with Gasteiger partial charge in [-0.1, -0.05) is 45.0 Å². The van der Waals surface area contributed by atoms with E-state index < -0.39 is 0 Å². The highest BCUT2D eigenvalue weighted by Crippen LogP contribution is 2.16. The van der Waals surface area contributed by atoms with Crippen LogP contribution >= 0.6 is 0 Å². The average molecular weight is 284 g/mol. The highest BCUT2D eigenvalue weighted by Gasteiger charge is 2.06. The van der Waals surface area contributed by atoms with E-state index in [-0.39, 0.29) is 0 Å². The van der Waals surface area contributed by atoms with Crippen molar-refractivity contribution < 1.29 is 4.74 Å². The van der Waals surface area contributed by atoms with E-state index in [1.54, 1.807) is 12.4 Å². The monoisotopic (exact) mass is 284 g/mol. The van der Waals surface area contributed by atoms with E-state index in [0.717, 1.165) is 12.3 Å². The molecule has 0 aliphatic carbocycles. The number of ether oxygens (including phenoxy) is 1. The molecule has 1 unspecified atom stereocenters. The summed E-state index contributed by atoms with van der Waals surface area (Å²) in [7, 11) is 0. The van der Waals surface area contributed by atoms with Crippen molar-refractivity contribution in [3.05, 3.63) is 59.9 Å². The molecule has 1 heterocycles. The van der Waals surface area contributed by atoms with Gasteiger partial charge in [0.05, 0.1) is 6.20 Å². The number of nitrogens with one attached hydrogen (secondary N) is 1. The quantitative estimate of drug-likeness (QED) is 0.840. The number of benzene rings is 1. The first-order valence-corrected chi connectivity index (χ1v) is 7.50. The summed E-state index contributed by atoms with van der Waals surface area (Å²) in [6.45, 7) is 8.17. The summed E-state index contributed by atoms with van der Waals surface area (Å²) < 4.78 is 5.70. The predicted octanol–water partition coefficient (Wildman–Crippen LogP) is 3.76. The van der Waals surface area contributed by atoms with Crippen molar-refractivity contribution in [2.24, 2.45) is 0 Å². The Bertz CT molecular complexity index is 523. The first kappa shape index (κ1) is 15.5. The maximum absolute atomic E-state index is 5.70. The van der Waals surface area contributed by atoms with Crippen LogP contribution in [-0.4, -0.2) is 17.6 Å². The number of hydrogen-bond donors (Lipinski definition) is 1. The van der Waals surface area contributed by atoms with Crippen LogP contribution in [0.2, 0.25) is 0 Å². The molecule has 3 heteroatoms. The maximum atomic E-state index is 5.70. The maximum Gasteiger partial charge on any atom is 0.138 e. The molecule has 2 aromatic rings. The van der Waals surface area contributed by atoms with E-state index in [0.29, 0.717) is 18.6 Å². The van der Waals surface area contributed by atoms with Gasteiger partial charge in [0.1, 0.15) is 12.4 Å². The fraction of sp³-hybridized carbons (Fsp3) is 0.389. The van der Waals surface area contributed by atoms with Crippen LogP contribution in [0.25, 0.3) is 0 Å². The molecule has 0 radical (unpaired) electrons. The molecule has 0 aliphatic heterocycles. The molecule has 0 bridgehead atoms. The zero-order valence-corrected chi connectivity index (χ0v) is 13.0. The molecule has 0 amide bonds. The van der Waals surface area contributed by atoms with E-state index in [2.05, 4.69) is 55.3 Å². The molecule has 3 nitrogen and oxygen atoms in total. The molecule has 21 heavy (non-hydrogen) atoms. The minimum absolute atomic E-state index is 0.515. The van der Waals surface area contributed by atoms with Gasteiger partial charge in [0.2, 0.25) is 0 Å². The van der Waals surface area contributed by atoms with E-state index in [1.165, 1.54) is 11.1 Å². The molecule has 0 spiro atoms. The number of pyridine rings is 1. The average Bonchev–Trinajstić information content (AvgIpc) is 2.52. The van der Waals surface area contributed by atoms with Gasteiger partial charge in [-0.3, -0.25) is 4.98 Å². The van der Waals surface area contributed by atoms with Gasteiger partial charge in [-0.15, -0.1) is 0 Å². The summed E-state index contributed by atoms with van der Waals surface area (Å²) >= 11 is 0. The molecule has 0 aliphatic rings. The van der Waals surface area contributed by atoms with Crippen molar-refractivity contribution in [2.75, 3.05) is 6.54 Å². The third-order valence-electron chi connectivity index (χ3n) is 3.42. The topological polar surface area (TPSA) is 34.1 Å². The summed E-state index contributed by atoms with van der Waals surface area (Å²) in [5.74, 6) is 1.32. The third kappa shape index (κ3) is 5.20. The molecule has 0 saturated heterocycles. The standard InChI is InChI=1S/C18H24N2O/c1-14(2)20-11-15(3)17-8-6-16(7-9-17)13-21-18-5-4-10-19-12-18/h4-10,12,14-15,20H,11,13H2,1-3H3. The van der Waals surface area contributed by atoms with Crippen LogP contribution in [0.15, 0.2) is 48.8 Å². The Kier molecular flexibility index (Phi) is 5.76. The molecule has 112 valence electrons. The summed E-state index contributed by atoms with van der Waals surface area (Å²) in [4.78, 5) is 4.04. The smallest absolute Gasteiger partial charge is 0.138 e. The SMILES string of the molecule is CC(C)NCC(C)c1ccc(COc2cccnc2)cc1. The number of rotatable bonds is 7. The molecule has 1 N–H and O–H groups in total. The molecule has 0 fully saturated rings. The van der Waals surface area contributed by atoms with Crippen LogP contribution in [0.1, 0.15) is 37.8 Å². The van der Waals surface area contributed by atoms with E-state index in [9.17, 15) is 0 Å². The number of nitrogens with zero attached hydrogens (tertiary/aromatic N) is 1. The molecular formula is C18H24N2O. The van der Waals surface area contributed by atoms with Crippen LogP contribution in [0, 0.1) is 0 Å². The zero-order chi connectivity index (χ0) is 15.1. The van der Waals surface area contributed by atoms with Crippen molar-refractivity contribution in [1.29, 1.82) is 0 Å². The minimum atomic E-state index is 0.515. The second kappa shape index (κ2) is 7.79. The molecular weight excluding hydrogens is 260 g/mol. The second-order valence-corrected chi connectivity index (χ2v) is 5.68. The molecule has 0 saturated carbocycles. The molecule has 1 atom stereocenters. The normalized spacial score (nSPS) is 12.4. The van der Waals surface area contributed by atoms with Gasteiger partial charge in [0.25, 0.3) is 0 Å². The Morgan fingerprint density at radius 2 is 1.86 bits per heavy atom. The molecule has 1 aromatic heterocycles. The lowest BCUT2D eigenvalue weighted by molar-refractivity contribution is 0.305. The highest BCUT2D eigenvalue weighted by molar-refractivity contribution is 5.25. The van der Waals surface area contributed by atoms with Crippen LogP contribution in [-0.2, 0) is 6.61 Å². The zero-order valence-electron chi connectivity index (χ0n) is 13.0. The lowest BCUT2D eigenvalue weighted by Gasteiger charge is -2.15. The third-order valence-corrected chi connectivity index (χ3v) is 3.42. The van der Waals surface area contributed by atoms with Crippen molar-refractivity contribution >= 4 is 0 Å². The van der Waals surface area contributed by atoms with Gasteiger partial charge in [-0.25, -0.2) is 0 Å². The lowest BCUT2D eigenvalue weighted by atomic mass is 9.99.